The SMILES string of the molecule is Cc1nc(C)c(CCC(=O)N2CC(=O)Nc3ccccc32)c(=O)[nH]1. The number of benzene rings is 1. The predicted molar refractivity (Wildman–Crippen MR) is 90.1 cm³/mol. The molecule has 0 bridgehead atoms. The lowest BCUT2D eigenvalue weighted by Gasteiger charge is -2.29. The lowest BCUT2D eigenvalue weighted by Crippen LogP contribution is -2.42. The van der Waals surface area contributed by atoms with Crippen molar-refractivity contribution in [3.8, 4) is 0 Å². The van der Waals surface area contributed by atoms with Gasteiger partial charge in [-0.05, 0) is 32.4 Å². The molecule has 0 saturated carbocycles. The summed E-state index contributed by atoms with van der Waals surface area (Å²) < 4.78 is 0. The maximum absolute atomic E-state index is 12.6. The fourth-order valence-corrected chi connectivity index (χ4v) is 2.87. The molecular weight excluding hydrogens is 308 g/mol. The lowest BCUT2D eigenvalue weighted by molar-refractivity contribution is -0.121. The summed E-state index contributed by atoms with van der Waals surface area (Å²) in [7, 11) is 0. The Morgan fingerprint density at radius 3 is 2.75 bits per heavy atom. The fourth-order valence-electron chi connectivity index (χ4n) is 2.87. The van der Waals surface area contributed by atoms with Gasteiger partial charge < -0.3 is 15.2 Å². The molecule has 0 aliphatic carbocycles. The molecule has 0 radical (unpaired) electrons. The van der Waals surface area contributed by atoms with Crippen LogP contribution in [0.1, 0.15) is 23.5 Å². The second-order valence-electron chi connectivity index (χ2n) is 5.76. The van der Waals surface area contributed by atoms with Crippen molar-refractivity contribution in [1.82, 2.24) is 9.97 Å². The molecule has 2 amide bonds. The molecule has 2 heterocycles. The number of aryl methyl sites for hydroxylation is 2. The Morgan fingerprint density at radius 1 is 1.25 bits per heavy atom. The molecule has 1 aliphatic rings. The van der Waals surface area contributed by atoms with Gasteiger partial charge in [0.2, 0.25) is 11.8 Å². The van der Waals surface area contributed by atoms with Crippen molar-refractivity contribution < 1.29 is 9.59 Å². The summed E-state index contributed by atoms with van der Waals surface area (Å²) >= 11 is 0. The Balaban J connectivity index is 1.79. The fraction of sp³-hybridized carbons (Fsp3) is 0.294. The van der Waals surface area contributed by atoms with E-state index in [0.717, 1.165) is 0 Å². The molecule has 24 heavy (non-hydrogen) atoms. The smallest absolute Gasteiger partial charge is 0.254 e. The first-order valence-corrected chi connectivity index (χ1v) is 7.71. The van der Waals surface area contributed by atoms with Crippen LogP contribution in [0.15, 0.2) is 29.1 Å². The van der Waals surface area contributed by atoms with Gasteiger partial charge in [0.05, 0.1) is 11.4 Å². The number of hydrogen-bond donors (Lipinski definition) is 2. The minimum Gasteiger partial charge on any atom is -0.323 e. The van der Waals surface area contributed by atoms with E-state index in [1.807, 2.05) is 6.07 Å². The van der Waals surface area contributed by atoms with E-state index in [1.165, 1.54) is 4.90 Å². The molecular formula is C17H18N4O3. The third-order valence-electron chi connectivity index (χ3n) is 4.00. The highest BCUT2D eigenvalue weighted by atomic mass is 16.2. The number of anilines is 2. The van der Waals surface area contributed by atoms with Crippen molar-refractivity contribution in [3.05, 3.63) is 51.7 Å². The average molecular weight is 326 g/mol. The van der Waals surface area contributed by atoms with Gasteiger partial charge in [-0.15, -0.1) is 0 Å². The van der Waals surface area contributed by atoms with E-state index in [-0.39, 0.29) is 36.8 Å². The molecule has 0 fully saturated rings. The van der Waals surface area contributed by atoms with E-state index in [1.54, 1.807) is 32.0 Å². The van der Waals surface area contributed by atoms with Crippen molar-refractivity contribution in [2.24, 2.45) is 0 Å². The van der Waals surface area contributed by atoms with Gasteiger partial charge in [0, 0.05) is 17.7 Å². The summed E-state index contributed by atoms with van der Waals surface area (Å²) in [4.78, 5) is 44.7. The molecule has 1 aliphatic heterocycles. The Labute approximate surface area is 138 Å². The van der Waals surface area contributed by atoms with Crippen LogP contribution in [0.25, 0.3) is 0 Å². The molecule has 0 spiro atoms. The van der Waals surface area contributed by atoms with E-state index in [0.29, 0.717) is 28.5 Å². The summed E-state index contributed by atoms with van der Waals surface area (Å²) in [5.41, 5.74) is 2.21. The highest BCUT2D eigenvalue weighted by Gasteiger charge is 2.26. The first-order valence-electron chi connectivity index (χ1n) is 7.71. The third-order valence-corrected chi connectivity index (χ3v) is 4.00. The minimum atomic E-state index is -0.229. The summed E-state index contributed by atoms with van der Waals surface area (Å²) in [6.07, 6.45) is 0.420. The summed E-state index contributed by atoms with van der Waals surface area (Å²) in [6, 6.07) is 7.16. The number of aromatic nitrogens is 2. The van der Waals surface area contributed by atoms with Crippen LogP contribution in [0.4, 0.5) is 11.4 Å². The molecule has 0 unspecified atom stereocenters. The van der Waals surface area contributed by atoms with Crippen LogP contribution >= 0.6 is 0 Å². The number of nitrogens with zero attached hydrogens (tertiary/aromatic N) is 2. The molecule has 7 nitrogen and oxygen atoms in total. The number of H-pyrrole nitrogens is 1. The zero-order valence-electron chi connectivity index (χ0n) is 13.5. The van der Waals surface area contributed by atoms with Crippen molar-refractivity contribution in [2.75, 3.05) is 16.8 Å². The Kier molecular flexibility index (Phi) is 4.16. The molecule has 3 rings (SSSR count). The molecule has 124 valence electrons. The number of hydrogen-bond acceptors (Lipinski definition) is 4. The summed E-state index contributed by atoms with van der Waals surface area (Å²) in [5.74, 6) is 0.124. The van der Waals surface area contributed by atoms with Gasteiger partial charge in [-0.2, -0.15) is 0 Å². The summed E-state index contributed by atoms with van der Waals surface area (Å²) in [5, 5.41) is 2.75. The molecule has 2 aromatic rings. The number of carbonyl (C=O) groups excluding carboxylic acids is 2. The van der Waals surface area contributed by atoms with Crippen LogP contribution < -0.4 is 15.8 Å². The van der Waals surface area contributed by atoms with Crippen molar-refractivity contribution in [2.45, 2.75) is 26.7 Å². The number of nitrogens with one attached hydrogen (secondary N) is 2. The van der Waals surface area contributed by atoms with Gasteiger partial charge in [0.25, 0.3) is 5.56 Å². The highest BCUT2D eigenvalue weighted by molar-refractivity contribution is 6.09. The molecule has 2 N–H and O–H groups in total. The Hall–Kier alpha value is -2.96. The number of fused-ring (bicyclic) bond motifs is 1. The van der Waals surface area contributed by atoms with E-state index < -0.39 is 0 Å². The van der Waals surface area contributed by atoms with E-state index in [4.69, 9.17) is 0 Å². The van der Waals surface area contributed by atoms with Gasteiger partial charge in [0.1, 0.15) is 12.4 Å². The summed E-state index contributed by atoms with van der Waals surface area (Å²) in [6.45, 7) is 3.45. The van der Waals surface area contributed by atoms with Crippen LogP contribution in [0.5, 0.6) is 0 Å². The van der Waals surface area contributed by atoms with Gasteiger partial charge in [-0.3, -0.25) is 14.4 Å². The topological polar surface area (TPSA) is 95.2 Å². The molecule has 1 aromatic carbocycles. The molecule has 0 saturated heterocycles. The second-order valence-corrected chi connectivity index (χ2v) is 5.76. The van der Waals surface area contributed by atoms with E-state index in [2.05, 4.69) is 15.3 Å². The minimum absolute atomic E-state index is 0.0165. The Bertz CT molecular complexity index is 872. The maximum Gasteiger partial charge on any atom is 0.254 e. The molecule has 1 aromatic heterocycles. The second kappa shape index (κ2) is 6.27. The van der Waals surface area contributed by atoms with Crippen LogP contribution in [0.2, 0.25) is 0 Å². The number of para-hydroxylation sites is 2. The van der Waals surface area contributed by atoms with Crippen LogP contribution in [-0.2, 0) is 16.0 Å². The van der Waals surface area contributed by atoms with Crippen LogP contribution in [0.3, 0.4) is 0 Å². The normalized spacial score (nSPS) is 13.4. The largest absolute Gasteiger partial charge is 0.323 e. The standard InChI is InChI=1S/C17H18N4O3/c1-10-12(17(24)19-11(2)18-10)7-8-16(23)21-9-15(22)20-13-5-3-4-6-14(13)21/h3-6H,7-9H2,1-2H3,(H,20,22)(H,18,19,24). The number of carbonyl (C=O) groups is 2. The van der Waals surface area contributed by atoms with Crippen molar-refractivity contribution in [3.63, 3.8) is 0 Å². The first kappa shape index (κ1) is 15.9. The number of aromatic amines is 1. The van der Waals surface area contributed by atoms with Crippen LogP contribution in [-0.4, -0.2) is 28.3 Å². The first-order chi connectivity index (χ1) is 11.5. The molecule has 7 heteroatoms. The van der Waals surface area contributed by atoms with Gasteiger partial charge in [-0.25, -0.2) is 4.98 Å². The molecule has 0 atom stereocenters. The van der Waals surface area contributed by atoms with Gasteiger partial charge in [-0.1, -0.05) is 12.1 Å². The zero-order valence-corrected chi connectivity index (χ0v) is 13.5. The Morgan fingerprint density at radius 2 is 2.00 bits per heavy atom. The average Bonchev–Trinajstić information content (AvgIpc) is 2.52. The number of amides is 2. The predicted octanol–water partition coefficient (Wildman–Crippen LogP) is 1.30. The number of rotatable bonds is 3. The van der Waals surface area contributed by atoms with Gasteiger partial charge in [0.15, 0.2) is 0 Å². The quantitative estimate of drug-likeness (QED) is 0.889. The van der Waals surface area contributed by atoms with E-state index in [9.17, 15) is 14.4 Å². The zero-order chi connectivity index (χ0) is 17.3. The van der Waals surface area contributed by atoms with Crippen LogP contribution in [0, 0.1) is 13.8 Å². The van der Waals surface area contributed by atoms with E-state index >= 15 is 0 Å². The third kappa shape index (κ3) is 3.05. The van der Waals surface area contributed by atoms with Crippen molar-refractivity contribution >= 4 is 23.2 Å². The lowest BCUT2D eigenvalue weighted by atomic mass is 10.1. The van der Waals surface area contributed by atoms with Gasteiger partial charge >= 0.3 is 0 Å². The highest BCUT2D eigenvalue weighted by Crippen LogP contribution is 2.29. The monoisotopic (exact) mass is 326 g/mol. The maximum atomic E-state index is 12.6. The van der Waals surface area contributed by atoms with Crippen molar-refractivity contribution in [1.29, 1.82) is 0 Å².